The number of carbonyl (C=O) groups excluding carboxylic acids is 2. The average molecular weight is 396 g/mol. The summed E-state index contributed by atoms with van der Waals surface area (Å²) in [6, 6.07) is 9.64. The molecule has 0 radical (unpaired) electrons. The maximum absolute atomic E-state index is 12.9. The number of carbonyl (C=O) groups is 2. The number of rotatable bonds is 6. The first kappa shape index (κ1) is 19.6. The van der Waals surface area contributed by atoms with Crippen molar-refractivity contribution >= 4 is 11.8 Å². The van der Waals surface area contributed by atoms with Crippen LogP contribution in [0.15, 0.2) is 42.7 Å². The van der Waals surface area contributed by atoms with Gasteiger partial charge in [0.2, 0.25) is 5.91 Å². The Kier molecular flexibility index (Phi) is 6.24. The van der Waals surface area contributed by atoms with Gasteiger partial charge in [-0.3, -0.25) is 14.3 Å². The fourth-order valence-corrected chi connectivity index (χ4v) is 4.21. The van der Waals surface area contributed by atoms with Crippen LogP contribution < -0.4 is 10.6 Å². The largest absolute Gasteiger partial charge is 0.354 e. The van der Waals surface area contributed by atoms with Crippen LogP contribution in [0.5, 0.6) is 0 Å². The van der Waals surface area contributed by atoms with Gasteiger partial charge in [-0.05, 0) is 61.9 Å². The lowest BCUT2D eigenvalue weighted by molar-refractivity contribution is -0.123. The number of benzene rings is 1. The smallest absolute Gasteiger partial charge is 0.253 e. The Balaban J connectivity index is 1.29. The van der Waals surface area contributed by atoms with Crippen molar-refractivity contribution in [2.75, 3.05) is 26.2 Å². The molecule has 7 heteroatoms. The summed E-state index contributed by atoms with van der Waals surface area (Å²) in [5, 5.41) is 10.5. The first-order valence-corrected chi connectivity index (χ1v) is 10.6. The summed E-state index contributed by atoms with van der Waals surface area (Å²) in [5.41, 5.74) is 1.83. The van der Waals surface area contributed by atoms with E-state index in [0.29, 0.717) is 31.1 Å². The third-order valence-electron chi connectivity index (χ3n) is 5.85. The molecule has 2 saturated heterocycles. The van der Waals surface area contributed by atoms with E-state index in [0.717, 1.165) is 44.3 Å². The first-order chi connectivity index (χ1) is 14.2. The molecule has 0 saturated carbocycles. The first-order valence-electron chi connectivity index (χ1n) is 10.6. The van der Waals surface area contributed by atoms with Gasteiger partial charge >= 0.3 is 0 Å². The summed E-state index contributed by atoms with van der Waals surface area (Å²) in [5.74, 6) is 0.486. The third kappa shape index (κ3) is 5.03. The van der Waals surface area contributed by atoms with Crippen LogP contribution in [-0.4, -0.2) is 58.7 Å². The van der Waals surface area contributed by atoms with Crippen molar-refractivity contribution in [2.24, 2.45) is 5.92 Å². The molecule has 7 nitrogen and oxygen atoms in total. The SMILES string of the molecule is O=C(NCC1CCCN(C(=O)c2ccc(Cn3cccn3)cc2)C1)C1CCCN1. The number of piperidine rings is 1. The van der Waals surface area contributed by atoms with E-state index in [1.54, 1.807) is 6.20 Å². The standard InChI is InChI=1S/C22H29N5O2/c28-21(20-5-1-10-23-20)24-14-18-4-2-12-26(15-18)22(29)19-8-6-17(7-9-19)16-27-13-3-11-25-27/h3,6-9,11,13,18,20,23H,1-2,4-5,10,12,14-16H2,(H,24,28). The Morgan fingerprint density at radius 3 is 2.76 bits per heavy atom. The minimum absolute atomic E-state index is 0.0448. The summed E-state index contributed by atoms with van der Waals surface area (Å²) < 4.78 is 1.86. The molecule has 2 amide bonds. The number of aromatic nitrogens is 2. The molecule has 2 unspecified atom stereocenters. The van der Waals surface area contributed by atoms with Gasteiger partial charge in [0.25, 0.3) is 5.91 Å². The lowest BCUT2D eigenvalue weighted by atomic mass is 9.97. The molecule has 2 fully saturated rings. The molecule has 0 spiro atoms. The molecule has 2 atom stereocenters. The second-order valence-electron chi connectivity index (χ2n) is 8.05. The molecule has 0 bridgehead atoms. The number of amides is 2. The summed E-state index contributed by atoms with van der Waals surface area (Å²) >= 11 is 0. The Morgan fingerprint density at radius 2 is 2.03 bits per heavy atom. The van der Waals surface area contributed by atoms with E-state index in [1.165, 1.54) is 0 Å². The quantitative estimate of drug-likeness (QED) is 0.780. The van der Waals surface area contributed by atoms with Crippen molar-refractivity contribution in [3.05, 3.63) is 53.9 Å². The van der Waals surface area contributed by atoms with Crippen LogP contribution >= 0.6 is 0 Å². The molecule has 2 aliphatic rings. The molecule has 4 rings (SSSR count). The Morgan fingerprint density at radius 1 is 1.17 bits per heavy atom. The molecule has 2 aromatic rings. The van der Waals surface area contributed by atoms with Gasteiger partial charge in [-0.25, -0.2) is 0 Å². The molecule has 1 aromatic heterocycles. The highest BCUT2D eigenvalue weighted by atomic mass is 16.2. The Labute approximate surface area is 171 Å². The van der Waals surface area contributed by atoms with Crippen LogP contribution in [0.2, 0.25) is 0 Å². The van der Waals surface area contributed by atoms with Gasteiger partial charge in [0.1, 0.15) is 0 Å². The zero-order valence-corrected chi connectivity index (χ0v) is 16.7. The number of nitrogens with zero attached hydrogens (tertiary/aromatic N) is 3. The van der Waals surface area contributed by atoms with Crippen LogP contribution in [0.3, 0.4) is 0 Å². The number of likely N-dealkylation sites (tertiary alicyclic amines) is 1. The molecule has 1 aromatic carbocycles. The lowest BCUT2D eigenvalue weighted by Gasteiger charge is -2.33. The number of nitrogens with one attached hydrogen (secondary N) is 2. The van der Waals surface area contributed by atoms with Crippen molar-refractivity contribution in [3.8, 4) is 0 Å². The van der Waals surface area contributed by atoms with Gasteiger partial charge in [0, 0.05) is 37.6 Å². The Hall–Kier alpha value is -2.67. The van der Waals surface area contributed by atoms with E-state index in [2.05, 4.69) is 15.7 Å². The minimum atomic E-state index is -0.0448. The third-order valence-corrected chi connectivity index (χ3v) is 5.85. The molecular weight excluding hydrogens is 366 g/mol. The topological polar surface area (TPSA) is 79.3 Å². The van der Waals surface area contributed by atoms with E-state index >= 15 is 0 Å². The average Bonchev–Trinajstić information content (AvgIpc) is 3.47. The molecule has 154 valence electrons. The van der Waals surface area contributed by atoms with Crippen LogP contribution in [0, 0.1) is 5.92 Å². The van der Waals surface area contributed by atoms with Crippen molar-refractivity contribution in [2.45, 2.75) is 38.3 Å². The molecule has 2 aliphatic heterocycles. The van der Waals surface area contributed by atoms with Crippen molar-refractivity contribution in [1.29, 1.82) is 0 Å². The number of hydrogen-bond donors (Lipinski definition) is 2. The number of hydrogen-bond acceptors (Lipinski definition) is 4. The van der Waals surface area contributed by atoms with E-state index in [-0.39, 0.29) is 17.9 Å². The monoisotopic (exact) mass is 395 g/mol. The normalized spacial score (nSPS) is 21.9. The van der Waals surface area contributed by atoms with E-state index in [4.69, 9.17) is 0 Å². The van der Waals surface area contributed by atoms with Gasteiger partial charge in [-0.15, -0.1) is 0 Å². The van der Waals surface area contributed by atoms with Gasteiger partial charge in [-0.2, -0.15) is 5.10 Å². The highest BCUT2D eigenvalue weighted by Gasteiger charge is 2.26. The highest BCUT2D eigenvalue weighted by molar-refractivity contribution is 5.94. The molecular formula is C22H29N5O2. The van der Waals surface area contributed by atoms with Gasteiger partial charge < -0.3 is 15.5 Å². The van der Waals surface area contributed by atoms with Crippen LogP contribution in [0.4, 0.5) is 0 Å². The predicted octanol–water partition coefficient (Wildman–Crippen LogP) is 1.65. The van der Waals surface area contributed by atoms with Crippen molar-refractivity contribution in [1.82, 2.24) is 25.3 Å². The maximum Gasteiger partial charge on any atom is 0.253 e. The molecule has 3 heterocycles. The van der Waals surface area contributed by atoms with Crippen molar-refractivity contribution < 1.29 is 9.59 Å². The molecule has 2 N–H and O–H groups in total. The lowest BCUT2D eigenvalue weighted by Crippen LogP contribution is -2.46. The molecule has 29 heavy (non-hydrogen) atoms. The van der Waals surface area contributed by atoms with E-state index in [1.807, 2.05) is 46.1 Å². The van der Waals surface area contributed by atoms with E-state index in [9.17, 15) is 9.59 Å². The zero-order valence-electron chi connectivity index (χ0n) is 16.7. The predicted molar refractivity (Wildman–Crippen MR) is 110 cm³/mol. The summed E-state index contributed by atoms with van der Waals surface area (Å²) in [6.07, 6.45) is 7.68. The van der Waals surface area contributed by atoms with Gasteiger partial charge in [0.05, 0.1) is 12.6 Å². The van der Waals surface area contributed by atoms with E-state index < -0.39 is 0 Å². The van der Waals surface area contributed by atoms with Crippen LogP contribution in [0.1, 0.15) is 41.6 Å². The highest BCUT2D eigenvalue weighted by Crippen LogP contribution is 2.19. The summed E-state index contributed by atoms with van der Waals surface area (Å²) in [6.45, 7) is 3.74. The van der Waals surface area contributed by atoms with Crippen LogP contribution in [0.25, 0.3) is 0 Å². The second kappa shape index (κ2) is 9.22. The molecule has 0 aliphatic carbocycles. The second-order valence-corrected chi connectivity index (χ2v) is 8.05. The van der Waals surface area contributed by atoms with Crippen LogP contribution in [-0.2, 0) is 11.3 Å². The van der Waals surface area contributed by atoms with Crippen molar-refractivity contribution in [3.63, 3.8) is 0 Å². The summed E-state index contributed by atoms with van der Waals surface area (Å²) in [7, 11) is 0. The van der Waals surface area contributed by atoms with Gasteiger partial charge in [-0.1, -0.05) is 12.1 Å². The van der Waals surface area contributed by atoms with Gasteiger partial charge in [0.15, 0.2) is 0 Å². The minimum Gasteiger partial charge on any atom is -0.354 e. The summed E-state index contributed by atoms with van der Waals surface area (Å²) in [4.78, 5) is 27.1. The fourth-order valence-electron chi connectivity index (χ4n) is 4.21. The maximum atomic E-state index is 12.9. The zero-order chi connectivity index (χ0) is 20.1. The fraction of sp³-hybridized carbons (Fsp3) is 0.500. The Bertz CT molecular complexity index is 812.